The topological polar surface area (TPSA) is 3.24 Å². The van der Waals surface area contributed by atoms with Crippen molar-refractivity contribution in [2.45, 2.75) is 5.41 Å². The highest BCUT2D eigenvalue weighted by Crippen LogP contribution is 2.59. The van der Waals surface area contributed by atoms with Crippen LogP contribution in [0.4, 0.5) is 17.1 Å². The van der Waals surface area contributed by atoms with Crippen LogP contribution in [0, 0.1) is 0 Å². The molecular weight excluding hydrogens is 771 g/mol. The quantitative estimate of drug-likeness (QED) is 0.138. The van der Waals surface area contributed by atoms with E-state index in [1.54, 1.807) is 0 Å². The van der Waals surface area contributed by atoms with Gasteiger partial charge in [0.1, 0.15) is 0 Å². The average molecular weight is 814 g/mol. The van der Waals surface area contributed by atoms with Crippen molar-refractivity contribution in [1.82, 2.24) is 0 Å². The summed E-state index contributed by atoms with van der Waals surface area (Å²) in [5, 5.41) is 5.10. The molecule has 0 saturated carbocycles. The van der Waals surface area contributed by atoms with E-state index in [1.807, 2.05) is 0 Å². The van der Waals surface area contributed by atoms with Crippen LogP contribution in [-0.4, -0.2) is 0 Å². The molecule has 1 aliphatic carbocycles. The van der Waals surface area contributed by atoms with E-state index in [-0.39, 0.29) is 0 Å². The Balaban J connectivity index is 0.994. The van der Waals surface area contributed by atoms with E-state index in [0.29, 0.717) is 0 Å². The second-order valence-electron chi connectivity index (χ2n) is 16.8. The molecule has 12 rings (SSSR count). The minimum Gasteiger partial charge on any atom is -0.310 e. The van der Waals surface area contributed by atoms with E-state index in [2.05, 4.69) is 266 Å². The van der Waals surface area contributed by atoms with E-state index < -0.39 is 5.41 Å². The SMILES string of the molecule is c1ccc(-c2ccc(N(c3ccc(-c4ccc(-c5cc6ccccc6c6ccccc56)cc4)cc3)c3cccc4c3-c3ccccc3C4(c3ccccc3)c3ccccc3)cc2)cc1. The summed E-state index contributed by atoms with van der Waals surface area (Å²) in [5.74, 6) is 0. The minimum atomic E-state index is -0.498. The van der Waals surface area contributed by atoms with Crippen molar-refractivity contribution < 1.29 is 0 Å². The van der Waals surface area contributed by atoms with Crippen LogP contribution in [0.5, 0.6) is 0 Å². The first-order valence-electron chi connectivity index (χ1n) is 22.2. The number of benzene rings is 11. The lowest BCUT2D eigenvalue weighted by atomic mass is 9.68. The summed E-state index contributed by atoms with van der Waals surface area (Å²) in [6.07, 6.45) is 0. The molecule has 0 atom stereocenters. The fourth-order valence-corrected chi connectivity index (χ4v) is 10.5. The Hall–Kier alpha value is -8.26. The molecule has 0 amide bonds. The number of anilines is 3. The molecule has 0 aromatic heterocycles. The fourth-order valence-electron chi connectivity index (χ4n) is 10.5. The van der Waals surface area contributed by atoms with Crippen LogP contribution < -0.4 is 4.90 Å². The highest BCUT2D eigenvalue weighted by molar-refractivity contribution is 6.13. The van der Waals surface area contributed by atoms with E-state index in [0.717, 1.165) is 17.1 Å². The van der Waals surface area contributed by atoms with Crippen molar-refractivity contribution in [2.24, 2.45) is 0 Å². The largest absolute Gasteiger partial charge is 0.310 e. The van der Waals surface area contributed by atoms with Gasteiger partial charge in [-0.1, -0.05) is 224 Å². The third kappa shape index (κ3) is 6.08. The Kier molecular flexibility index (Phi) is 9.13. The maximum Gasteiger partial charge on any atom is 0.0714 e. The molecular formula is C63H43N. The summed E-state index contributed by atoms with van der Waals surface area (Å²) < 4.78 is 0. The van der Waals surface area contributed by atoms with Crippen molar-refractivity contribution in [3.63, 3.8) is 0 Å². The molecule has 0 radical (unpaired) electrons. The molecule has 0 heterocycles. The Morgan fingerprint density at radius 2 is 0.734 bits per heavy atom. The molecule has 11 aromatic carbocycles. The summed E-state index contributed by atoms with van der Waals surface area (Å²) >= 11 is 0. The lowest BCUT2D eigenvalue weighted by molar-refractivity contribution is 0.768. The summed E-state index contributed by atoms with van der Waals surface area (Å²) in [7, 11) is 0. The average Bonchev–Trinajstić information content (AvgIpc) is 3.69. The summed E-state index contributed by atoms with van der Waals surface area (Å²) in [6, 6.07) is 95.7. The van der Waals surface area contributed by atoms with Gasteiger partial charge in [0.15, 0.2) is 0 Å². The first-order chi connectivity index (χ1) is 31.8. The molecule has 1 heteroatoms. The zero-order valence-corrected chi connectivity index (χ0v) is 35.3. The number of fused-ring (bicyclic) bond motifs is 6. The third-order valence-electron chi connectivity index (χ3n) is 13.4. The maximum absolute atomic E-state index is 2.45. The summed E-state index contributed by atoms with van der Waals surface area (Å²) in [5.41, 5.74) is 17.7. The van der Waals surface area contributed by atoms with Crippen molar-refractivity contribution in [3.05, 3.63) is 283 Å². The molecule has 0 spiro atoms. The Labute approximate surface area is 374 Å². The van der Waals surface area contributed by atoms with Gasteiger partial charge in [0, 0.05) is 16.9 Å². The van der Waals surface area contributed by atoms with Crippen molar-refractivity contribution in [2.75, 3.05) is 4.90 Å². The van der Waals surface area contributed by atoms with Crippen LogP contribution in [0.2, 0.25) is 0 Å². The minimum absolute atomic E-state index is 0.498. The van der Waals surface area contributed by atoms with E-state index in [1.165, 1.54) is 88.3 Å². The first kappa shape index (κ1) is 37.5. The number of nitrogens with zero attached hydrogens (tertiary/aromatic N) is 1. The first-order valence-corrected chi connectivity index (χ1v) is 22.2. The van der Waals surface area contributed by atoms with Crippen molar-refractivity contribution in [1.29, 1.82) is 0 Å². The molecule has 0 bridgehead atoms. The normalized spacial score (nSPS) is 12.5. The number of hydrogen-bond acceptors (Lipinski definition) is 1. The van der Waals surface area contributed by atoms with Crippen LogP contribution in [0.15, 0.2) is 261 Å². The predicted octanol–water partition coefficient (Wildman–Crippen LogP) is 16.8. The van der Waals surface area contributed by atoms with Crippen molar-refractivity contribution in [3.8, 4) is 44.5 Å². The molecule has 0 N–H and O–H groups in total. The number of hydrogen-bond donors (Lipinski definition) is 0. The highest BCUT2D eigenvalue weighted by Gasteiger charge is 2.47. The monoisotopic (exact) mass is 813 g/mol. The van der Waals surface area contributed by atoms with Crippen LogP contribution in [0.1, 0.15) is 22.3 Å². The van der Waals surface area contributed by atoms with Gasteiger partial charge in [-0.2, -0.15) is 0 Å². The summed E-state index contributed by atoms with van der Waals surface area (Å²) in [6.45, 7) is 0. The molecule has 0 saturated heterocycles. The molecule has 11 aromatic rings. The van der Waals surface area contributed by atoms with Crippen LogP contribution >= 0.6 is 0 Å². The Bertz CT molecular complexity index is 3410. The molecule has 0 fully saturated rings. The van der Waals surface area contributed by atoms with Gasteiger partial charge in [0.25, 0.3) is 0 Å². The molecule has 64 heavy (non-hydrogen) atoms. The molecule has 1 aliphatic rings. The molecule has 1 nitrogen and oxygen atoms in total. The maximum atomic E-state index is 2.45. The third-order valence-corrected chi connectivity index (χ3v) is 13.4. The van der Waals surface area contributed by atoms with Gasteiger partial charge in [-0.25, -0.2) is 0 Å². The van der Waals surface area contributed by atoms with Gasteiger partial charge in [0.05, 0.1) is 11.1 Å². The smallest absolute Gasteiger partial charge is 0.0714 e. The van der Waals surface area contributed by atoms with E-state index >= 15 is 0 Å². The van der Waals surface area contributed by atoms with Crippen molar-refractivity contribution >= 4 is 38.6 Å². The van der Waals surface area contributed by atoms with Gasteiger partial charge in [-0.15, -0.1) is 0 Å². The van der Waals surface area contributed by atoms with E-state index in [4.69, 9.17) is 0 Å². The van der Waals surface area contributed by atoms with Gasteiger partial charge in [-0.3, -0.25) is 0 Å². The Morgan fingerprint density at radius 3 is 1.36 bits per heavy atom. The highest BCUT2D eigenvalue weighted by atomic mass is 15.1. The number of rotatable bonds is 8. The lowest BCUT2D eigenvalue weighted by Crippen LogP contribution is -2.28. The van der Waals surface area contributed by atoms with Crippen LogP contribution in [-0.2, 0) is 5.41 Å². The zero-order chi connectivity index (χ0) is 42.5. The molecule has 300 valence electrons. The fraction of sp³-hybridized carbons (Fsp3) is 0.0159. The van der Waals surface area contributed by atoms with Crippen LogP contribution in [0.3, 0.4) is 0 Å². The predicted molar refractivity (Wildman–Crippen MR) is 270 cm³/mol. The molecule has 0 aliphatic heterocycles. The lowest BCUT2D eigenvalue weighted by Gasteiger charge is -2.34. The second kappa shape index (κ2) is 15.6. The van der Waals surface area contributed by atoms with Gasteiger partial charge in [0.2, 0.25) is 0 Å². The summed E-state index contributed by atoms with van der Waals surface area (Å²) in [4.78, 5) is 2.45. The zero-order valence-electron chi connectivity index (χ0n) is 35.3. The van der Waals surface area contributed by atoms with Crippen LogP contribution in [0.25, 0.3) is 66.1 Å². The Morgan fingerprint density at radius 1 is 0.281 bits per heavy atom. The van der Waals surface area contributed by atoms with Gasteiger partial charge in [-0.05, 0) is 119 Å². The second-order valence-corrected chi connectivity index (χ2v) is 16.8. The standard InChI is InChI=1S/C63H43N/c1-4-17-44(18-5-1)46-35-39-52(40-36-46)64(61-30-16-29-60-62(61)57-27-14-15-28-59(57)63(60,50-20-6-2-7-21-50)51-22-8-3-9-23-51)53-41-37-47(38-42-53)45-31-33-48(34-32-45)58-43-49-19-10-11-24-54(49)55-25-12-13-26-56(55)58/h1-43H. The van der Waals surface area contributed by atoms with Gasteiger partial charge < -0.3 is 4.90 Å². The van der Waals surface area contributed by atoms with E-state index in [9.17, 15) is 0 Å². The molecule has 0 unspecified atom stereocenters. The van der Waals surface area contributed by atoms with Gasteiger partial charge >= 0.3 is 0 Å².